The molecule has 1 aromatic rings. The van der Waals surface area contributed by atoms with Crippen LogP contribution in [0, 0.1) is 0 Å². The van der Waals surface area contributed by atoms with Gasteiger partial charge in [-0.3, -0.25) is 9.48 Å². The van der Waals surface area contributed by atoms with Crippen molar-refractivity contribution in [1.82, 2.24) is 4.90 Å². The summed E-state index contributed by atoms with van der Waals surface area (Å²) in [5.41, 5.74) is -5.62. The molecule has 2 rings (SSSR count). The normalized spacial score (nSPS) is 16.6. The molecule has 0 bridgehead atoms. The van der Waals surface area contributed by atoms with Crippen molar-refractivity contribution in [2.24, 2.45) is 0 Å². The molecule has 0 radical (unpaired) electrons. The van der Waals surface area contributed by atoms with Crippen molar-refractivity contribution < 1.29 is 40.8 Å². The molecule has 1 N–H and O–H groups in total. The van der Waals surface area contributed by atoms with Crippen molar-refractivity contribution in [2.75, 3.05) is 26.7 Å². The van der Waals surface area contributed by atoms with E-state index in [9.17, 15) is 31.4 Å². The minimum Gasteiger partial charge on any atom is -0.493 e. The zero-order valence-corrected chi connectivity index (χ0v) is 21.1. The number of aryl methyl sites for hydroxylation is 2. The first-order valence-corrected chi connectivity index (χ1v) is 12.0. The predicted octanol–water partition coefficient (Wildman–Crippen LogP) is 5.83. The highest BCUT2D eigenvalue weighted by Gasteiger charge is 2.71. The van der Waals surface area contributed by atoms with Gasteiger partial charge in [-0.25, -0.2) is 0 Å². The number of halogens is 6. The zero-order valence-electron chi connectivity index (χ0n) is 21.1. The second-order valence-electron chi connectivity index (χ2n) is 9.89. The van der Waals surface area contributed by atoms with Crippen LogP contribution >= 0.6 is 0 Å². The maximum atomic E-state index is 13.5. The number of aliphatic hydroxyl groups is 1. The van der Waals surface area contributed by atoms with Crippen LogP contribution in [0.4, 0.5) is 26.3 Å². The van der Waals surface area contributed by atoms with Crippen LogP contribution in [-0.2, 0) is 18.4 Å². The highest BCUT2D eigenvalue weighted by molar-refractivity contribution is 5.52. The molecule has 0 amide bonds. The number of hydrogen-bond acceptors (Lipinski definition) is 3. The Kier molecular flexibility index (Phi) is 9.17. The van der Waals surface area contributed by atoms with Gasteiger partial charge < -0.3 is 9.84 Å². The number of benzene rings is 1. The van der Waals surface area contributed by atoms with E-state index in [1.165, 1.54) is 0 Å². The van der Waals surface area contributed by atoms with Gasteiger partial charge >= 0.3 is 12.4 Å². The summed E-state index contributed by atoms with van der Waals surface area (Å²) in [6, 6.07) is 1.60. The lowest BCUT2D eigenvalue weighted by atomic mass is 9.87. The highest BCUT2D eigenvalue weighted by atomic mass is 19.4. The maximum absolute atomic E-state index is 13.5. The van der Waals surface area contributed by atoms with E-state index in [2.05, 4.69) is 29.7 Å². The van der Waals surface area contributed by atoms with Crippen LogP contribution in [0.3, 0.4) is 0 Å². The quantitative estimate of drug-likeness (QED) is 0.231. The van der Waals surface area contributed by atoms with Crippen LogP contribution in [0.2, 0.25) is 0 Å². The predicted molar refractivity (Wildman–Crippen MR) is 123 cm³/mol. The Bertz CT molecular complexity index is 852. The molecule has 0 fully saturated rings. The number of ether oxygens (including phenoxy) is 1. The van der Waals surface area contributed by atoms with Crippen molar-refractivity contribution in [2.45, 2.75) is 89.7 Å². The van der Waals surface area contributed by atoms with Crippen molar-refractivity contribution in [3.05, 3.63) is 28.8 Å². The summed E-state index contributed by atoms with van der Waals surface area (Å²) in [5, 5.41) is 9.94. The monoisotopic (exact) mass is 511 g/mol. The Morgan fingerprint density at radius 2 is 1.49 bits per heavy atom. The van der Waals surface area contributed by atoms with Crippen LogP contribution in [-0.4, -0.2) is 65.6 Å². The SMILES string of the molecule is CCCc1cc(C(O)(C(F)(F)F)C(F)(F)F)cc(CCC)c1OCCCC[N+]1=CN(C)C(C)(C)C1. The third kappa shape index (κ3) is 6.43. The van der Waals surface area contributed by atoms with Gasteiger partial charge in [0.2, 0.25) is 6.34 Å². The molecular weight excluding hydrogens is 474 g/mol. The molecule has 1 aliphatic heterocycles. The van der Waals surface area contributed by atoms with Gasteiger partial charge in [-0.05, 0) is 62.8 Å². The number of unbranched alkanes of at least 4 members (excludes halogenated alkanes) is 1. The number of alkyl halides is 6. The molecule has 0 atom stereocenters. The number of rotatable bonds is 11. The zero-order chi connectivity index (χ0) is 26.7. The first-order valence-electron chi connectivity index (χ1n) is 12.0. The van der Waals surface area contributed by atoms with Crippen LogP contribution < -0.4 is 4.74 Å². The molecule has 0 aliphatic carbocycles. The Morgan fingerprint density at radius 1 is 0.971 bits per heavy atom. The van der Waals surface area contributed by atoms with E-state index in [-0.39, 0.29) is 29.5 Å². The van der Waals surface area contributed by atoms with E-state index in [4.69, 9.17) is 4.74 Å². The van der Waals surface area contributed by atoms with Gasteiger partial charge in [-0.1, -0.05) is 26.7 Å². The molecule has 200 valence electrons. The molecule has 1 aliphatic rings. The molecular formula is C25H37F6N2O2+. The second kappa shape index (κ2) is 11.0. The van der Waals surface area contributed by atoms with Gasteiger partial charge in [0.15, 0.2) is 0 Å². The highest BCUT2D eigenvalue weighted by Crippen LogP contribution is 2.51. The summed E-state index contributed by atoms with van der Waals surface area (Å²) in [6.45, 7) is 9.88. The second-order valence-corrected chi connectivity index (χ2v) is 9.89. The smallest absolute Gasteiger partial charge is 0.430 e. The van der Waals surface area contributed by atoms with E-state index in [0.29, 0.717) is 31.6 Å². The van der Waals surface area contributed by atoms with E-state index in [1.807, 2.05) is 7.05 Å². The lowest BCUT2D eigenvalue weighted by Crippen LogP contribution is -2.54. The summed E-state index contributed by atoms with van der Waals surface area (Å²) in [7, 11) is 2.02. The molecule has 0 aromatic heterocycles. The first-order chi connectivity index (χ1) is 16.1. The van der Waals surface area contributed by atoms with Gasteiger partial charge in [-0.2, -0.15) is 26.3 Å². The molecule has 35 heavy (non-hydrogen) atoms. The van der Waals surface area contributed by atoms with E-state index in [1.54, 1.807) is 13.8 Å². The fourth-order valence-electron chi connectivity index (χ4n) is 4.33. The van der Waals surface area contributed by atoms with Crippen LogP contribution in [0.15, 0.2) is 12.1 Å². The third-order valence-corrected chi connectivity index (χ3v) is 6.49. The Labute approximate surface area is 203 Å². The van der Waals surface area contributed by atoms with Crippen LogP contribution in [0.5, 0.6) is 5.75 Å². The molecule has 10 heteroatoms. The molecule has 0 unspecified atom stereocenters. The minimum absolute atomic E-state index is 0.0527. The fraction of sp³-hybridized carbons (Fsp3) is 0.720. The first kappa shape index (κ1) is 29.3. The Hall–Kier alpha value is -1.97. The summed E-state index contributed by atoms with van der Waals surface area (Å²) < 4.78 is 89.2. The van der Waals surface area contributed by atoms with Gasteiger partial charge in [0.1, 0.15) is 17.8 Å². The van der Waals surface area contributed by atoms with Gasteiger partial charge in [0, 0.05) is 5.56 Å². The summed E-state index contributed by atoms with van der Waals surface area (Å²) >= 11 is 0. The van der Waals surface area contributed by atoms with Crippen molar-refractivity contribution in [3.8, 4) is 5.75 Å². The number of nitrogens with zero attached hydrogens (tertiary/aromatic N) is 2. The average Bonchev–Trinajstić information content (AvgIpc) is 2.98. The number of likely N-dealkylation sites (N-methyl/N-ethyl adjacent to an activating group) is 1. The third-order valence-electron chi connectivity index (χ3n) is 6.49. The molecule has 0 saturated carbocycles. The minimum atomic E-state index is -5.92. The summed E-state index contributed by atoms with van der Waals surface area (Å²) in [5.74, 6) is 0.331. The molecule has 4 nitrogen and oxygen atoms in total. The Morgan fingerprint density at radius 3 is 1.89 bits per heavy atom. The van der Waals surface area contributed by atoms with E-state index < -0.39 is 23.5 Å². The van der Waals surface area contributed by atoms with Crippen molar-refractivity contribution >= 4 is 6.34 Å². The van der Waals surface area contributed by atoms with Gasteiger partial charge in [0.25, 0.3) is 5.60 Å². The summed E-state index contributed by atoms with van der Waals surface area (Å²) in [4.78, 5) is 2.15. The van der Waals surface area contributed by atoms with Crippen LogP contribution in [0.25, 0.3) is 0 Å². The molecule has 0 saturated heterocycles. The Balaban J connectivity index is 2.25. The lowest BCUT2D eigenvalue weighted by molar-refractivity contribution is -0.521. The topological polar surface area (TPSA) is 35.7 Å². The number of hydrogen-bond donors (Lipinski definition) is 1. The molecule has 1 aromatic carbocycles. The van der Waals surface area contributed by atoms with Crippen LogP contribution in [0.1, 0.15) is 70.1 Å². The standard InChI is InChI=1S/C25H37F6N2O2/c1-6-10-18-14-20(23(34,24(26,27)28)25(29,30)31)15-19(11-7-2)21(18)35-13-9-8-12-33-16-22(3,4)32(5)17-33/h14-15,17,34H,6-13,16H2,1-5H3/q+1. The van der Waals surface area contributed by atoms with E-state index >= 15 is 0 Å². The lowest BCUT2D eigenvalue weighted by Gasteiger charge is -2.33. The largest absolute Gasteiger partial charge is 0.493 e. The maximum Gasteiger partial charge on any atom is 0.430 e. The average molecular weight is 512 g/mol. The van der Waals surface area contributed by atoms with Gasteiger partial charge in [0.05, 0.1) is 20.2 Å². The van der Waals surface area contributed by atoms with Gasteiger partial charge in [-0.15, -0.1) is 0 Å². The summed E-state index contributed by atoms with van der Waals surface area (Å²) in [6.07, 6.45) is -6.81. The van der Waals surface area contributed by atoms with Crippen molar-refractivity contribution in [1.29, 1.82) is 0 Å². The fourth-order valence-corrected chi connectivity index (χ4v) is 4.33. The van der Waals surface area contributed by atoms with Crippen molar-refractivity contribution in [3.63, 3.8) is 0 Å². The molecule has 0 spiro atoms. The molecule has 1 heterocycles. The van der Waals surface area contributed by atoms with E-state index in [0.717, 1.165) is 31.6 Å².